The van der Waals surface area contributed by atoms with Crippen molar-refractivity contribution in [2.24, 2.45) is 0 Å². The minimum Gasteiger partial charge on any atom is -0.493 e. The molecule has 1 atom stereocenters. The highest BCUT2D eigenvalue weighted by Gasteiger charge is 2.27. The third-order valence-corrected chi connectivity index (χ3v) is 3.54. The number of nitrogens with zero attached hydrogens (tertiary/aromatic N) is 1. The number of carbonyl (C=O) groups excluding carboxylic acids is 1. The minimum atomic E-state index is -0.899. The first kappa shape index (κ1) is 18.2. The number of ether oxygens (including phenoxy) is 3. The Labute approximate surface area is 143 Å². The highest BCUT2D eigenvalue weighted by atomic mass is 19.1. The minimum absolute atomic E-state index is 0.123. The Hall–Kier alpha value is -3.16. The molecule has 0 aromatic heterocycles. The number of nitro benzene ring substituents is 1. The summed E-state index contributed by atoms with van der Waals surface area (Å²) in [6.45, 7) is 1.58. The molecule has 0 radical (unpaired) electrons. The molecule has 0 saturated heterocycles. The second kappa shape index (κ2) is 7.61. The van der Waals surface area contributed by atoms with Gasteiger partial charge >= 0.3 is 5.97 Å². The number of halogens is 1. The lowest BCUT2D eigenvalue weighted by Crippen LogP contribution is -2.12. The van der Waals surface area contributed by atoms with Gasteiger partial charge in [-0.15, -0.1) is 0 Å². The van der Waals surface area contributed by atoms with Gasteiger partial charge in [-0.25, -0.2) is 9.18 Å². The van der Waals surface area contributed by atoms with Crippen molar-refractivity contribution in [2.75, 3.05) is 14.2 Å². The lowest BCUT2D eigenvalue weighted by atomic mass is 10.1. The Morgan fingerprint density at radius 1 is 1.12 bits per heavy atom. The molecule has 0 amide bonds. The van der Waals surface area contributed by atoms with Gasteiger partial charge in [-0.05, 0) is 24.6 Å². The van der Waals surface area contributed by atoms with Crippen molar-refractivity contribution >= 4 is 11.7 Å². The molecule has 0 aliphatic carbocycles. The second-order valence-corrected chi connectivity index (χ2v) is 5.08. The molecule has 7 nitrogen and oxygen atoms in total. The smallest absolute Gasteiger partial charge is 0.345 e. The molecular weight excluding hydrogens is 333 g/mol. The molecule has 2 rings (SSSR count). The molecule has 0 unspecified atom stereocenters. The highest BCUT2D eigenvalue weighted by molar-refractivity contribution is 5.95. The average molecular weight is 349 g/mol. The van der Waals surface area contributed by atoms with Crippen LogP contribution in [0.15, 0.2) is 36.4 Å². The largest absolute Gasteiger partial charge is 0.493 e. The van der Waals surface area contributed by atoms with Gasteiger partial charge in [-0.2, -0.15) is 0 Å². The van der Waals surface area contributed by atoms with Crippen molar-refractivity contribution in [3.05, 3.63) is 63.5 Å². The Morgan fingerprint density at radius 3 is 2.20 bits per heavy atom. The maximum absolute atomic E-state index is 13.0. The number of esters is 1. The van der Waals surface area contributed by atoms with E-state index in [1.54, 1.807) is 6.92 Å². The van der Waals surface area contributed by atoms with Crippen LogP contribution in [0.2, 0.25) is 0 Å². The van der Waals surface area contributed by atoms with Crippen molar-refractivity contribution in [3.63, 3.8) is 0 Å². The summed E-state index contributed by atoms with van der Waals surface area (Å²) in [6.07, 6.45) is -0.721. The third-order valence-electron chi connectivity index (χ3n) is 3.54. The molecule has 0 fully saturated rings. The van der Waals surface area contributed by atoms with Gasteiger partial charge in [0.1, 0.15) is 17.5 Å². The first-order valence-corrected chi connectivity index (χ1v) is 7.24. The monoisotopic (exact) mass is 349 g/mol. The zero-order chi connectivity index (χ0) is 18.6. The average Bonchev–Trinajstić information content (AvgIpc) is 2.60. The Morgan fingerprint density at radius 2 is 1.68 bits per heavy atom. The molecule has 25 heavy (non-hydrogen) atoms. The van der Waals surface area contributed by atoms with Gasteiger partial charge in [0.15, 0.2) is 11.5 Å². The van der Waals surface area contributed by atoms with Crippen molar-refractivity contribution in [1.29, 1.82) is 0 Å². The van der Waals surface area contributed by atoms with E-state index in [0.717, 1.165) is 6.07 Å². The predicted molar refractivity (Wildman–Crippen MR) is 86.4 cm³/mol. The van der Waals surface area contributed by atoms with E-state index in [1.807, 2.05) is 0 Å². The van der Waals surface area contributed by atoms with Crippen LogP contribution in [0.5, 0.6) is 11.5 Å². The third kappa shape index (κ3) is 4.03. The van der Waals surface area contributed by atoms with Crippen LogP contribution in [-0.2, 0) is 4.74 Å². The van der Waals surface area contributed by atoms with Gasteiger partial charge in [-0.1, -0.05) is 12.1 Å². The fraction of sp³-hybridized carbons (Fsp3) is 0.235. The Bertz CT molecular complexity index is 790. The van der Waals surface area contributed by atoms with Crippen LogP contribution in [0.3, 0.4) is 0 Å². The zero-order valence-corrected chi connectivity index (χ0v) is 13.8. The van der Waals surface area contributed by atoms with E-state index in [2.05, 4.69) is 0 Å². The number of methoxy groups -OCH3 is 2. The summed E-state index contributed by atoms with van der Waals surface area (Å²) in [5, 5.41) is 11.2. The van der Waals surface area contributed by atoms with Crippen LogP contribution in [0.1, 0.15) is 28.9 Å². The van der Waals surface area contributed by atoms with Crippen LogP contribution in [0, 0.1) is 15.9 Å². The Balaban J connectivity index is 2.34. The highest BCUT2D eigenvalue weighted by Crippen LogP contribution is 2.35. The summed E-state index contributed by atoms with van der Waals surface area (Å²) in [5.41, 5.74) is -0.177. The molecule has 0 bridgehead atoms. The number of benzene rings is 2. The van der Waals surface area contributed by atoms with Crippen molar-refractivity contribution in [2.45, 2.75) is 13.0 Å². The number of hydrogen-bond donors (Lipinski definition) is 0. The van der Waals surface area contributed by atoms with Crippen molar-refractivity contribution in [1.82, 2.24) is 0 Å². The number of hydrogen-bond acceptors (Lipinski definition) is 6. The van der Waals surface area contributed by atoms with Gasteiger partial charge in [0.05, 0.1) is 25.2 Å². The molecule has 2 aromatic carbocycles. The van der Waals surface area contributed by atoms with E-state index in [-0.39, 0.29) is 17.1 Å². The van der Waals surface area contributed by atoms with Gasteiger partial charge in [0.25, 0.3) is 5.69 Å². The quantitative estimate of drug-likeness (QED) is 0.449. The van der Waals surface area contributed by atoms with E-state index < -0.39 is 28.5 Å². The Kier molecular flexibility index (Phi) is 5.53. The summed E-state index contributed by atoms with van der Waals surface area (Å²) < 4.78 is 28.3. The molecular formula is C17H16FNO6. The normalized spacial score (nSPS) is 11.5. The summed E-state index contributed by atoms with van der Waals surface area (Å²) in [6, 6.07) is 7.69. The fourth-order valence-electron chi connectivity index (χ4n) is 2.21. The standard InChI is InChI=1S/C17H16FNO6/c1-10(11-4-6-12(18)7-5-11)25-17(20)13-8-15(23-2)16(24-3)9-14(13)19(21)22/h4-10H,1-3H3/t10-/m1/s1. The number of nitro groups is 1. The molecule has 2 aromatic rings. The number of rotatable bonds is 6. The molecule has 0 spiro atoms. The zero-order valence-electron chi connectivity index (χ0n) is 13.8. The van der Waals surface area contributed by atoms with Crippen molar-refractivity contribution < 1.29 is 28.3 Å². The van der Waals surface area contributed by atoms with Crippen LogP contribution >= 0.6 is 0 Å². The maximum atomic E-state index is 13.0. The fourth-order valence-corrected chi connectivity index (χ4v) is 2.21. The van der Waals surface area contributed by atoms with E-state index in [0.29, 0.717) is 5.56 Å². The summed E-state index contributed by atoms with van der Waals surface area (Å²) in [7, 11) is 2.68. The van der Waals surface area contributed by atoms with Crippen LogP contribution < -0.4 is 9.47 Å². The second-order valence-electron chi connectivity index (χ2n) is 5.08. The van der Waals surface area contributed by atoms with Crippen LogP contribution in [0.25, 0.3) is 0 Å². The first-order chi connectivity index (χ1) is 11.9. The van der Waals surface area contributed by atoms with Gasteiger partial charge in [-0.3, -0.25) is 10.1 Å². The predicted octanol–water partition coefficient (Wildman–Crippen LogP) is 3.67. The van der Waals surface area contributed by atoms with Gasteiger partial charge in [0.2, 0.25) is 0 Å². The first-order valence-electron chi connectivity index (χ1n) is 7.24. The molecule has 132 valence electrons. The van der Waals surface area contributed by atoms with Crippen LogP contribution in [0.4, 0.5) is 10.1 Å². The van der Waals surface area contributed by atoms with E-state index in [9.17, 15) is 19.3 Å². The van der Waals surface area contributed by atoms with Gasteiger partial charge < -0.3 is 14.2 Å². The molecule has 8 heteroatoms. The number of carbonyl (C=O) groups is 1. The summed E-state index contributed by atoms with van der Waals surface area (Å²) in [5.74, 6) is -1.03. The topological polar surface area (TPSA) is 87.9 Å². The van der Waals surface area contributed by atoms with E-state index >= 15 is 0 Å². The molecule has 0 heterocycles. The lowest BCUT2D eigenvalue weighted by molar-refractivity contribution is -0.385. The summed E-state index contributed by atoms with van der Waals surface area (Å²) >= 11 is 0. The molecule has 0 saturated carbocycles. The molecule has 0 aliphatic rings. The SMILES string of the molecule is COc1cc(C(=O)O[C@H](C)c2ccc(F)cc2)c([N+](=O)[O-])cc1OC. The summed E-state index contributed by atoms with van der Waals surface area (Å²) in [4.78, 5) is 22.9. The van der Waals surface area contributed by atoms with Crippen LogP contribution in [-0.4, -0.2) is 25.1 Å². The lowest BCUT2D eigenvalue weighted by Gasteiger charge is -2.15. The van der Waals surface area contributed by atoms with Crippen molar-refractivity contribution in [3.8, 4) is 11.5 Å². The van der Waals surface area contributed by atoms with E-state index in [1.165, 1.54) is 44.6 Å². The molecule has 0 N–H and O–H groups in total. The maximum Gasteiger partial charge on any atom is 0.345 e. The van der Waals surface area contributed by atoms with E-state index in [4.69, 9.17) is 14.2 Å². The van der Waals surface area contributed by atoms with Gasteiger partial charge in [0, 0.05) is 6.07 Å². The molecule has 0 aliphatic heterocycles.